The van der Waals surface area contributed by atoms with Crippen LogP contribution in [0.25, 0.3) is 6.08 Å². The first-order chi connectivity index (χ1) is 10.0. The van der Waals surface area contributed by atoms with Crippen LogP contribution in [0, 0.1) is 0 Å². The van der Waals surface area contributed by atoms with E-state index in [9.17, 15) is 9.59 Å². The van der Waals surface area contributed by atoms with E-state index in [0.717, 1.165) is 5.56 Å². The third kappa shape index (κ3) is 4.58. The number of Topliss-reactive ketones (excluding diaryl/α,β-unsaturated/α-hetero) is 1. The second kappa shape index (κ2) is 6.86. The zero-order valence-corrected chi connectivity index (χ0v) is 12.2. The van der Waals surface area contributed by atoms with Gasteiger partial charge in [-0.15, -0.1) is 0 Å². The molecule has 0 spiro atoms. The number of hydrogen-bond acceptors (Lipinski definition) is 2. The number of anilines is 1. The van der Waals surface area contributed by atoms with Gasteiger partial charge in [0.15, 0.2) is 5.78 Å². The molecule has 2 rings (SSSR count). The van der Waals surface area contributed by atoms with Gasteiger partial charge in [-0.1, -0.05) is 35.9 Å². The van der Waals surface area contributed by atoms with Crippen LogP contribution in [0.3, 0.4) is 0 Å². The van der Waals surface area contributed by atoms with E-state index in [1.54, 1.807) is 42.5 Å². The molecule has 0 unspecified atom stereocenters. The Bertz CT molecular complexity index is 707. The highest BCUT2D eigenvalue weighted by Gasteiger charge is 2.02. The van der Waals surface area contributed by atoms with Crippen LogP contribution < -0.4 is 5.32 Å². The lowest BCUT2D eigenvalue weighted by Crippen LogP contribution is -2.08. The number of amides is 1. The van der Waals surface area contributed by atoms with Gasteiger partial charge in [-0.05, 0) is 42.8 Å². The van der Waals surface area contributed by atoms with Gasteiger partial charge in [-0.3, -0.25) is 9.59 Å². The van der Waals surface area contributed by atoms with E-state index in [4.69, 9.17) is 11.6 Å². The fraction of sp³-hybridized carbons (Fsp3) is 0.0588. The SMILES string of the molecule is CC(=O)c1cccc(NC(=O)C=Cc2cccc(Cl)c2)c1. The molecule has 0 aliphatic carbocycles. The number of benzene rings is 2. The Hall–Kier alpha value is -2.39. The van der Waals surface area contributed by atoms with Gasteiger partial charge in [-0.25, -0.2) is 0 Å². The first kappa shape index (κ1) is 15.0. The van der Waals surface area contributed by atoms with Crippen LogP contribution in [-0.4, -0.2) is 11.7 Å². The minimum Gasteiger partial charge on any atom is -0.322 e. The number of ketones is 1. The largest absolute Gasteiger partial charge is 0.322 e. The van der Waals surface area contributed by atoms with E-state index < -0.39 is 0 Å². The second-order valence-corrected chi connectivity index (χ2v) is 4.95. The predicted molar refractivity (Wildman–Crippen MR) is 85.6 cm³/mol. The van der Waals surface area contributed by atoms with Crippen molar-refractivity contribution in [1.29, 1.82) is 0 Å². The van der Waals surface area contributed by atoms with Crippen LogP contribution in [0.4, 0.5) is 5.69 Å². The van der Waals surface area contributed by atoms with Gasteiger partial charge >= 0.3 is 0 Å². The first-order valence-electron chi connectivity index (χ1n) is 6.40. The zero-order valence-electron chi connectivity index (χ0n) is 11.5. The minimum atomic E-state index is -0.268. The predicted octanol–water partition coefficient (Wildman–Crippen LogP) is 4.19. The van der Waals surface area contributed by atoms with Gasteiger partial charge < -0.3 is 5.32 Å². The van der Waals surface area contributed by atoms with Crippen LogP contribution in [0.1, 0.15) is 22.8 Å². The lowest BCUT2D eigenvalue weighted by atomic mass is 10.1. The third-order valence-electron chi connectivity index (χ3n) is 2.81. The molecule has 0 heterocycles. The van der Waals surface area contributed by atoms with Gasteiger partial charge in [0.05, 0.1) is 0 Å². The van der Waals surface area contributed by atoms with Gasteiger partial charge in [-0.2, -0.15) is 0 Å². The minimum absolute atomic E-state index is 0.0411. The van der Waals surface area contributed by atoms with Crippen LogP contribution >= 0.6 is 11.6 Å². The number of carbonyl (C=O) groups excluding carboxylic acids is 2. The van der Waals surface area contributed by atoms with Crippen molar-refractivity contribution in [2.45, 2.75) is 6.92 Å². The van der Waals surface area contributed by atoms with Crippen molar-refractivity contribution >= 4 is 35.1 Å². The Balaban J connectivity index is 2.05. The van der Waals surface area contributed by atoms with Crippen molar-refractivity contribution in [2.24, 2.45) is 0 Å². The molecule has 1 N–H and O–H groups in total. The van der Waals surface area contributed by atoms with E-state index >= 15 is 0 Å². The molecular formula is C17H14ClNO2. The summed E-state index contributed by atoms with van der Waals surface area (Å²) in [6.45, 7) is 1.49. The van der Waals surface area contributed by atoms with E-state index in [-0.39, 0.29) is 11.7 Å². The Kier molecular flexibility index (Phi) is 4.90. The Morgan fingerprint density at radius 1 is 1.10 bits per heavy atom. The monoisotopic (exact) mass is 299 g/mol. The summed E-state index contributed by atoms with van der Waals surface area (Å²) < 4.78 is 0. The third-order valence-corrected chi connectivity index (χ3v) is 3.05. The van der Waals surface area contributed by atoms with Gasteiger partial charge in [0.2, 0.25) is 5.91 Å². The maximum absolute atomic E-state index is 11.8. The highest BCUT2D eigenvalue weighted by molar-refractivity contribution is 6.30. The molecule has 0 atom stereocenters. The summed E-state index contributed by atoms with van der Waals surface area (Å²) in [4.78, 5) is 23.1. The summed E-state index contributed by atoms with van der Waals surface area (Å²) in [6, 6.07) is 14.0. The second-order valence-electron chi connectivity index (χ2n) is 4.51. The molecule has 0 aliphatic rings. The van der Waals surface area contributed by atoms with E-state index in [1.165, 1.54) is 13.0 Å². The summed E-state index contributed by atoms with van der Waals surface area (Å²) in [6.07, 6.45) is 3.10. The lowest BCUT2D eigenvalue weighted by Gasteiger charge is -2.03. The first-order valence-corrected chi connectivity index (χ1v) is 6.78. The smallest absolute Gasteiger partial charge is 0.248 e. The fourth-order valence-electron chi connectivity index (χ4n) is 1.78. The Morgan fingerprint density at radius 3 is 2.57 bits per heavy atom. The summed E-state index contributed by atoms with van der Waals surface area (Å²) in [5.41, 5.74) is 1.99. The van der Waals surface area contributed by atoms with Crippen molar-refractivity contribution < 1.29 is 9.59 Å². The van der Waals surface area contributed by atoms with E-state index in [1.807, 2.05) is 12.1 Å². The summed E-state index contributed by atoms with van der Waals surface area (Å²) >= 11 is 5.87. The molecule has 0 bridgehead atoms. The standard InChI is InChI=1S/C17H14ClNO2/c1-12(20)14-5-3-7-16(11-14)19-17(21)9-8-13-4-2-6-15(18)10-13/h2-11H,1H3,(H,19,21). The van der Waals surface area contributed by atoms with Crippen LogP contribution in [0.5, 0.6) is 0 Å². The highest BCUT2D eigenvalue weighted by atomic mass is 35.5. The summed E-state index contributed by atoms with van der Waals surface area (Å²) in [5, 5.41) is 3.33. The highest BCUT2D eigenvalue weighted by Crippen LogP contribution is 2.13. The molecule has 0 fully saturated rings. The molecule has 3 nitrogen and oxygen atoms in total. The molecule has 21 heavy (non-hydrogen) atoms. The molecule has 1 amide bonds. The van der Waals surface area contributed by atoms with Crippen molar-refractivity contribution in [1.82, 2.24) is 0 Å². The maximum Gasteiger partial charge on any atom is 0.248 e. The molecule has 0 saturated carbocycles. The van der Waals surface area contributed by atoms with Crippen molar-refractivity contribution in [2.75, 3.05) is 5.32 Å². The van der Waals surface area contributed by atoms with Gasteiger partial charge in [0, 0.05) is 22.3 Å². The zero-order chi connectivity index (χ0) is 15.2. The normalized spacial score (nSPS) is 10.6. The quantitative estimate of drug-likeness (QED) is 0.679. The maximum atomic E-state index is 11.8. The molecule has 106 valence electrons. The summed E-state index contributed by atoms with van der Waals surface area (Å²) in [5.74, 6) is -0.309. The Morgan fingerprint density at radius 2 is 1.86 bits per heavy atom. The number of nitrogens with one attached hydrogen (secondary N) is 1. The lowest BCUT2D eigenvalue weighted by molar-refractivity contribution is -0.111. The molecule has 0 radical (unpaired) electrons. The van der Waals surface area contributed by atoms with Gasteiger partial charge in [0.25, 0.3) is 0 Å². The molecule has 2 aromatic carbocycles. The molecule has 0 saturated heterocycles. The van der Waals surface area contributed by atoms with Crippen LogP contribution in [-0.2, 0) is 4.79 Å². The molecule has 0 aromatic heterocycles. The van der Waals surface area contributed by atoms with Crippen molar-refractivity contribution in [3.8, 4) is 0 Å². The summed E-state index contributed by atoms with van der Waals surface area (Å²) in [7, 11) is 0. The van der Waals surface area contributed by atoms with Crippen LogP contribution in [0.15, 0.2) is 54.6 Å². The van der Waals surface area contributed by atoms with E-state index in [0.29, 0.717) is 16.3 Å². The molecule has 4 heteroatoms. The number of rotatable bonds is 4. The molecule has 2 aromatic rings. The number of carbonyl (C=O) groups is 2. The van der Waals surface area contributed by atoms with Gasteiger partial charge in [0.1, 0.15) is 0 Å². The fourth-order valence-corrected chi connectivity index (χ4v) is 1.98. The molecular weight excluding hydrogens is 286 g/mol. The Labute approximate surface area is 128 Å². The average Bonchev–Trinajstić information content (AvgIpc) is 2.45. The number of hydrogen-bond donors (Lipinski definition) is 1. The molecule has 0 aliphatic heterocycles. The van der Waals surface area contributed by atoms with Crippen LogP contribution in [0.2, 0.25) is 5.02 Å². The van der Waals surface area contributed by atoms with Crippen molar-refractivity contribution in [3.05, 3.63) is 70.8 Å². The van der Waals surface area contributed by atoms with Crippen molar-refractivity contribution in [3.63, 3.8) is 0 Å². The average molecular weight is 300 g/mol. The topological polar surface area (TPSA) is 46.2 Å². The van der Waals surface area contributed by atoms with E-state index in [2.05, 4.69) is 5.32 Å². The number of halogens is 1.